The number of ketones is 1. The Morgan fingerprint density at radius 1 is 1.24 bits per heavy atom. The van der Waals surface area contributed by atoms with E-state index in [0.29, 0.717) is 5.75 Å². The number of fused-ring (bicyclic) bond motifs is 1. The van der Waals surface area contributed by atoms with Gasteiger partial charge in [-0.2, -0.15) is 0 Å². The molecule has 1 N–H and O–H groups in total. The van der Waals surface area contributed by atoms with E-state index in [1.165, 1.54) is 11.8 Å². The topological polar surface area (TPSA) is 55.0 Å². The predicted octanol–water partition coefficient (Wildman–Crippen LogP) is 3.55. The first-order valence-corrected chi connectivity index (χ1v) is 7.49. The predicted molar refractivity (Wildman–Crippen MR) is 84.1 cm³/mol. The average Bonchev–Trinajstić information content (AvgIpc) is 2.95. The van der Waals surface area contributed by atoms with Crippen LogP contribution in [0.5, 0.6) is 5.75 Å². The molecule has 3 aromatic rings. The molecule has 0 bridgehead atoms. The highest BCUT2D eigenvalue weighted by Crippen LogP contribution is 2.23. The zero-order valence-electron chi connectivity index (χ0n) is 11.5. The number of hydrogen-bond donors (Lipinski definition) is 1. The molecule has 0 aliphatic carbocycles. The van der Waals surface area contributed by atoms with Crippen molar-refractivity contribution in [3.05, 3.63) is 54.1 Å². The Labute approximate surface area is 126 Å². The van der Waals surface area contributed by atoms with Crippen LogP contribution in [0.1, 0.15) is 10.4 Å². The Morgan fingerprint density at radius 3 is 2.81 bits per heavy atom. The zero-order chi connectivity index (χ0) is 14.7. The number of benzene rings is 2. The highest BCUT2D eigenvalue weighted by Gasteiger charge is 2.09. The van der Waals surface area contributed by atoms with Gasteiger partial charge in [-0.15, -0.1) is 0 Å². The number of H-pyrrole nitrogens is 1. The molecule has 4 nitrogen and oxygen atoms in total. The van der Waals surface area contributed by atoms with Crippen molar-refractivity contribution in [3.63, 3.8) is 0 Å². The molecule has 0 fully saturated rings. The molecule has 3 rings (SSSR count). The molecule has 5 heteroatoms. The van der Waals surface area contributed by atoms with E-state index in [1.54, 1.807) is 7.11 Å². The number of rotatable bonds is 5. The number of imidazole rings is 1. The Bertz CT molecular complexity index is 768. The highest BCUT2D eigenvalue weighted by atomic mass is 32.2. The van der Waals surface area contributed by atoms with Gasteiger partial charge in [-0.3, -0.25) is 4.79 Å². The molecule has 0 spiro atoms. The summed E-state index contributed by atoms with van der Waals surface area (Å²) in [6.45, 7) is 0. The van der Waals surface area contributed by atoms with Crippen LogP contribution in [-0.4, -0.2) is 28.6 Å². The molecule has 0 saturated heterocycles. The van der Waals surface area contributed by atoms with Crippen molar-refractivity contribution in [2.24, 2.45) is 0 Å². The fourth-order valence-corrected chi connectivity index (χ4v) is 2.78. The van der Waals surface area contributed by atoms with Crippen LogP contribution in [0.3, 0.4) is 0 Å². The highest BCUT2D eigenvalue weighted by molar-refractivity contribution is 7.99. The summed E-state index contributed by atoms with van der Waals surface area (Å²) in [5, 5.41) is 0.738. The quantitative estimate of drug-likeness (QED) is 0.578. The molecule has 0 radical (unpaired) electrons. The van der Waals surface area contributed by atoms with E-state index in [9.17, 15) is 4.79 Å². The van der Waals surface area contributed by atoms with E-state index in [0.717, 1.165) is 27.5 Å². The Hall–Kier alpha value is -2.27. The minimum Gasteiger partial charge on any atom is -0.497 e. The van der Waals surface area contributed by atoms with E-state index in [-0.39, 0.29) is 5.78 Å². The maximum Gasteiger partial charge on any atom is 0.173 e. The number of ether oxygens (including phenoxy) is 1. The Kier molecular flexibility index (Phi) is 3.92. The third-order valence-corrected chi connectivity index (χ3v) is 3.98. The van der Waals surface area contributed by atoms with Gasteiger partial charge in [0.2, 0.25) is 0 Å². The number of hydrogen-bond acceptors (Lipinski definition) is 4. The van der Waals surface area contributed by atoms with Crippen LogP contribution < -0.4 is 4.74 Å². The van der Waals surface area contributed by atoms with Crippen molar-refractivity contribution < 1.29 is 9.53 Å². The van der Waals surface area contributed by atoms with E-state index in [4.69, 9.17) is 4.74 Å². The number of Topliss-reactive ketones (excluding diaryl/α,β-unsaturated/α-hetero) is 1. The van der Waals surface area contributed by atoms with Crippen molar-refractivity contribution in [2.75, 3.05) is 12.9 Å². The summed E-state index contributed by atoms with van der Waals surface area (Å²) in [5.41, 5.74) is 2.50. The third kappa shape index (κ3) is 3.08. The summed E-state index contributed by atoms with van der Waals surface area (Å²) < 4.78 is 5.18. The van der Waals surface area contributed by atoms with Gasteiger partial charge >= 0.3 is 0 Å². The maximum atomic E-state index is 12.1. The number of nitrogens with zero attached hydrogens (tertiary/aromatic N) is 1. The van der Waals surface area contributed by atoms with Crippen molar-refractivity contribution >= 4 is 28.6 Å². The summed E-state index contributed by atoms with van der Waals surface area (Å²) >= 11 is 1.41. The zero-order valence-corrected chi connectivity index (χ0v) is 12.3. The van der Waals surface area contributed by atoms with Crippen molar-refractivity contribution in [2.45, 2.75) is 5.16 Å². The van der Waals surface area contributed by atoms with Gasteiger partial charge in [-0.05, 0) is 12.1 Å². The van der Waals surface area contributed by atoms with Crippen LogP contribution >= 0.6 is 11.8 Å². The lowest BCUT2D eigenvalue weighted by atomic mass is 10.2. The van der Waals surface area contributed by atoms with E-state index in [2.05, 4.69) is 9.97 Å². The van der Waals surface area contributed by atoms with Crippen LogP contribution in [0.2, 0.25) is 0 Å². The number of methoxy groups -OCH3 is 1. The monoisotopic (exact) mass is 298 g/mol. The largest absolute Gasteiger partial charge is 0.497 e. The smallest absolute Gasteiger partial charge is 0.173 e. The second-order valence-electron chi connectivity index (χ2n) is 4.50. The molecule has 106 valence electrons. The van der Waals surface area contributed by atoms with Crippen molar-refractivity contribution in [3.8, 4) is 5.75 Å². The lowest BCUT2D eigenvalue weighted by Gasteiger charge is -1.98. The number of aromatic nitrogens is 2. The van der Waals surface area contributed by atoms with E-state index in [1.807, 2.05) is 48.5 Å². The molecule has 0 saturated carbocycles. The van der Waals surface area contributed by atoms with Gasteiger partial charge in [0.25, 0.3) is 0 Å². The number of nitrogens with one attached hydrogen (secondary N) is 1. The summed E-state index contributed by atoms with van der Waals surface area (Å²) in [7, 11) is 1.63. The Morgan fingerprint density at radius 2 is 2.05 bits per heavy atom. The number of aromatic amines is 1. The second kappa shape index (κ2) is 6.01. The fraction of sp³-hybridized carbons (Fsp3) is 0.125. The Balaban J connectivity index is 1.72. The molecule has 0 aliphatic heterocycles. The molecule has 0 amide bonds. The fourth-order valence-electron chi connectivity index (χ4n) is 2.00. The molecule has 0 aliphatic rings. The van der Waals surface area contributed by atoms with Crippen molar-refractivity contribution in [1.29, 1.82) is 0 Å². The first kappa shape index (κ1) is 13.7. The van der Waals surface area contributed by atoms with Gasteiger partial charge in [0.1, 0.15) is 5.75 Å². The normalized spacial score (nSPS) is 10.7. The van der Waals surface area contributed by atoms with Gasteiger partial charge < -0.3 is 9.72 Å². The minimum atomic E-state index is 0.0960. The molecule has 0 atom stereocenters. The van der Waals surface area contributed by atoms with Crippen LogP contribution in [0, 0.1) is 0 Å². The molecular formula is C16H14N2O2S. The van der Waals surface area contributed by atoms with Crippen LogP contribution in [0.25, 0.3) is 11.0 Å². The minimum absolute atomic E-state index is 0.0960. The van der Waals surface area contributed by atoms with Gasteiger partial charge in [0.05, 0.1) is 23.9 Å². The molecule has 2 aromatic carbocycles. The summed E-state index contributed by atoms with van der Waals surface area (Å²) in [6, 6.07) is 14.9. The van der Waals surface area contributed by atoms with Crippen LogP contribution in [-0.2, 0) is 0 Å². The number of carbonyl (C=O) groups excluding carboxylic acids is 1. The molecule has 0 unspecified atom stereocenters. The molecule has 1 heterocycles. The van der Waals surface area contributed by atoms with Gasteiger partial charge in [-0.25, -0.2) is 4.98 Å². The van der Waals surface area contributed by atoms with Gasteiger partial charge in [0.15, 0.2) is 10.9 Å². The van der Waals surface area contributed by atoms with Crippen LogP contribution in [0.15, 0.2) is 53.7 Å². The SMILES string of the molecule is COc1ccc2nc(SCC(=O)c3ccccc3)[nH]c2c1. The number of carbonyl (C=O) groups is 1. The molecule has 21 heavy (non-hydrogen) atoms. The summed E-state index contributed by atoms with van der Waals surface area (Å²) in [6.07, 6.45) is 0. The summed E-state index contributed by atoms with van der Waals surface area (Å²) in [5.74, 6) is 1.24. The number of thioether (sulfide) groups is 1. The standard InChI is InChI=1S/C16H14N2O2S/c1-20-12-7-8-13-14(9-12)18-16(17-13)21-10-15(19)11-5-3-2-4-6-11/h2-9H,10H2,1H3,(H,17,18). The van der Waals surface area contributed by atoms with Crippen LogP contribution in [0.4, 0.5) is 0 Å². The lowest BCUT2D eigenvalue weighted by molar-refractivity contribution is 0.102. The lowest BCUT2D eigenvalue weighted by Crippen LogP contribution is -2.01. The maximum absolute atomic E-state index is 12.1. The third-order valence-electron chi connectivity index (χ3n) is 3.10. The van der Waals surface area contributed by atoms with Gasteiger partial charge in [-0.1, -0.05) is 42.1 Å². The van der Waals surface area contributed by atoms with Gasteiger partial charge in [0, 0.05) is 11.6 Å². The summed E-state index contributed by atoms with van der Waals surface area (Å²) in [4.78, 5) is 19.7. The first-order valence-electron chi connectivity index (χ1n) is 6.51. The van der Waals surface area contributed by atoms with Crippen molar-refractivity contribution in [1.82, 2.24) is 9.97 Å². The average molecular weight is 298 g/mol. The first-order chi connectivity index (χ1) is 10.3. The molecule has 1 aromatic heterocycles. The second-order valence-corrected chi connectivity index (χ2v) is 5.47. The van der Waals surface area contributed by atoms with E-state index < -0.39 is 0 Å². The van der Waals surface area contributed by atoms with E-state index >= 15 is 0 Å². The molecular weight excluding hydrogens is 284 g/mol.